The average molecular weight is 152 g/mol. The first-order valence-electron chi connectivity index (χ1n) is 2.75. The van der Waals surface area contributed by atoms with Crippen LogP contribution in [0.5, 0.6) is 0 Å². The minimum atomic E-state index is -0.343. The van der Waals surface area contributed by atoms with Crippen molar-refractivity contribution in [2.24, 2.45) is 0 Å². The first-order chi connectivity index (χ1) is 4.91. The molecular weight excluding hydrogens is 140 g/mol. The highest BCUT2D eigenvalue weighted by atomic mass is 16.8. The molecule has 0 saturated carbocycles. The van der Waals surface area contributed by atoms with E-state index < -0.39 is 0 Å². The summed E-state index contributed by atoms with van der Waals surface area (Å²) in [6.07, 6.45) is 0. The number of hydrogen-bond acceptors (Lipinski definition) is 5. The molecule has 0 spiro atoms. The topological polar surface area (TPSA) is 57.2 Å². The first-order valence-corrected chi connectivity index (χ1v) is 2.75. The van der Waals surface area contributed by atoms with Crippen molar-refractivity contribution < 1.29 is 24.1 Å². The van der Waals surface area contributed by atoms with Crippen LogP contribution in [0.3, 0.4) is 0 Å². The lowest BCUT2D eigenvalue weighted by Crippen LogP contribution is -2.06. The predicted molar refractivity (Wildman–Crippen MR) is 32.0 cm³/mol. The molecule has 0 aliphatic rings. The molecule has 0 rings (SSSR count). The van der Waals surface area contributed by atoms with Crippen molar-refractivity contribution in [3.05, 3.63) is 0 Å². The zero-order valence-corrected chi connectivity index (χ0v) is 5.91. The van der Waals surface area contributed by atoms with Crippen LogP contribution >= 0.6 is 0 Å². The summed E-state index contributed by atoms with van der Waals surface area (Å²) in [5.74, 6) is 0. The zero-order chi connectivity index (χ0) is 7.66. The van der Waals surface area contributed by atoms with Crippen LogP contribution in [-0.4, -0.2) is 39.4 Å². The van der Waals surface area contributed by atoms with Crippen molar-refractivity contribution in [1.29, 1.82) is 0 Å². The molecule has 10 heavy (non-hydrogen) atoms. The Morgan fingerprint density at radius 3 is 2.20 bits per heavy atom. The largest absolute Gasteiger partial charge is 0.371 e. The third kappa shape index (κ3) is 7.80. The summed E-state index contributed by atoms with van der Waals surface area (Å²) in [6.45, 7) is -0.0164. The van der Waals surface area contributed by atoms with E-state index in [2.05, 4.69) is 9.47 Å². The van der Waals surface area contributed by atoms with Crippen molar-refractivity contribution in [2.75, 3.05) is 34.3 Å². The highest BCUT2D eigenvalue weighted by Gasteiger charge is 1.85. The Bertz CT molecular complexity index is 50.0. The average Bonchev–Trinajstić information content (AvgIpc) is 1.97. The third-order valence-corrected chi connectivity index (χ3v) is 0.626. The molecule has 5 nitrogen and oxygen atoms in total. The lowest BCUT2D eigenvalue weighted by molar-refractivity contribution is -0.180. The number of hydrogen-bond donors (Lipinski definition) is 1. The second-order valence-electron chi connectivity index (χ2n) is 1.38. The monoisotopic (exact) mass is 152 g/mol. The van der Waals surface area contributed by atoms with Gasteiger partial charge in [-0.05, 0) is 0 Å². The molecule has 0 amide bonds. The molecule has 0 aliphatic heterocycles. The minimum absolute atomic E-state index is 0.0280. The smallest absolute Gasteiger partial charge is 0.152 e. The van der Waals surface area contributed by atoms with Crippen molar-refractivity contribution >= 4 is 0 Å². The summed E-state index contributed by atoms with van der Waals surface area (Å²) >= 11 is 0. The highest BCUT2D eigenvalue weighted by Crippen LogP contribution is 1.79. The summed E-state index contributed by atoms with van der Waals surface area (Å²) in [4.78, 5) is 0. The van der Waals surface area contributed by atoms with Crippen molar-refractivity contribution in [3.8, 4) is 0 Å². The normalized spacial score (nSPS) is 10.2. The van der Waals surface area contributed by atoms with Gasteiger partial charge in [-0.3, -0.25) is 0 Å². The van der Waals surface area contributed by atoms with Gasteiger partial charge in [-0.2, -0.15) is 0 Å². The van der Waals surface area contributed by atoms with E-state index in [1.54, 1.807) is 0 Å². The maximum atomic E-state index is 8.10. The predicted octanol–water partition coefficient (Wildman–Crippen LogP) is -0.495. The first kappa shape index (κ1) is 9.80. The number of rotatable bonds is 7. The number of methoxy groups -OCH3 is 1. The Balaban J connectivity index is 2.65. The van der Waals surface area contributed by atoms with Gasteiger partial charge in [-0.1, -0.05) is 0 Å². The second kappa shape index (κ2) is 8.80. The molecule has 0 heterocycles. The van der Waals surface area contributed by atoms with Crippen LogP contribution in [0, 0.1) is 0 Å². The van der Waals surface area contributed by atoms with Gasteiger partial charge in [0, 0.05) is 7.11 Å². The van der Waals surface area contributed by atoms with E-state index in [0.717, 1.165) is 0 Å². The lowest BCUT2D eigenvalue weighted by atomic mass is 11.2. The van der Waals surface area contributed by atoms with Crippen molar-refractivity contribution in [3.63, 3.8) is 0 Å². The van der Waals surface area contributed by atoms with Crippen molar-refractivity contribution in [2.45, 2.75) is 0 Å². The Morgan fingerprint density at radius 1 is 1.00 bits per heavy atom. The molecule has 0 aliphatic carbocycles. The second-order valence-corrected chi connectivity index (χ2v) is 1.38. The molecule has 0 aromatic carbocycles. The minimum Gasteiger partial charge on any atom is -0.371 e. The van der Waals surface area contributed by atoms with Gasteiger partial charge in [0.15, 0.2) is 13.6 Å². The summed E-state index contributed by atoms with van der Waals surface area (Å²) in [7, 11) is 1.52. The molecule has 5 heteroatoms. The molecule has 62 valence electrons. The van der Waals surface area contributed by atoms with Gasteiger partial charge in [-0.25, -0.2) is 0 Å². The third-order valence-electron chi connectivity index (χ3n) is 0.626. The van der Waals surface area contributed by atoms with E-state index in [9.17, 15) is 0 Å². The van der Waals surface area contributed by atoms with Gasteiger partial charge in [0.05, 0.1) is 0 Å². The number of aliphatic hydroxyl groups excluding tert-OH is 1. The lowest BCUT2D eigenvalue weighted by Gasteiger charge is -2.03. The molecule has 0 aromatic rings. The van der Waals surface area contributed by atoms with Crippen LogP contribution in [-0.2, 0) is 18.9 Å². The fourth-order valence-electron chi connectivity index (χ4n) is 0.306. The fraction of sp³-hybridized carbons (Fsp3) is 1.00. The maximum Gasteiger partial charge on any atom is 0.152 e. The molecule has 0 radical (unpaired) electrons. The fourth-order valence-corrected chi connectivity index (χ4v) is 0.306. The van der Waals surface area contributed by atoms with E-state index in [0.29, 0.717) is 0 Å². The summed E-state index contributed by atoms with van der Waals surface area (Å²) in [6, 6.07) is 0. The Hall–Kier alpha value is -0.200. The van der Waals surface area contributed by atoms with E-state index in [1.807, 2.05) is 0 Å². The van der Waals surface area contributed by atoms with Gasteiger partial charge in [0.25, 0.3) is 0 Å². The highest BCUT2D eigenvalue weighted by molar-refractivity contribution is 4.02. The molecule has 1 N–H and O–H groups in total. The molecule has 0 bridgehead atoms. The van der Waals surface area contributed by atoms with Crippen LogP contribution in [0.1, 0.15) is 0 Å². The van der Waals surface area contributed by atoms with Gasteiger partial charge < -0.3 is 24.1 Å². The molecule has 0 unspecified atom stereocenters. The Kier molecular flexibility index (Phi) is 8.62. The van der Waals surface area contributed by atoms with E-state index in [1.165, 1.54) is 7.11 Å². The van der Waals surface area contributed by atoms with Crippen LogP contribution in [0.25, 0.3) is 0 Å². The Morgan fingerprint density at radius 2 is 1.60 bits per heavy atom. The SMILES string of the molecule is COCOCOCOCO. The molecular formula is C5H12O5. The summed E-state index contributed by atoms with van der Waals surface area (Å²) < 4.78 is 18.4. The van der Waals surface area contributed by atoms with Gasteiger partial charge >= 0.3 is 0 Å². The van der Waals surface area contributed by atoms with Crippen LogP contribution in [0.2, 0.25) is 0 Å². The van der Waals surface area contributed by atoms with Crippen LogP contribution in [0.4, 0.5) is 0 Å². The molecule has 0 aromatic heterocycles. The molecule has 0 saturated heterocycles. The van der Waals surface area contributed by atoms with E-state index in [-0.39, 0.29) is 27.2 Å². The van der Waals surface area contributed by atoms with E-state index in [4.69, 9.17) is 14.6 Å². The van der Waals surface area contributed by atoms with Gasteiger partial charge in [0.2, 0.25) is 0 Å². The number of aliphatic hydroxyl groups is 1. The quantitative estimate of drug-likeness (QED) is 0.394. The summed E-state index contributed by atoms with van der Waals surface area (Å²) in [5, 5.41) is 8.10. The van der Waals surface area contributed by atoms with Gasteiger partial charge in [-0.15, -0.1) is 0 Å². The van der Waals surface area contributed by atoms with Crippen molar-refractivity contribution in [1.82, 2.24) is 0 Å². The molecule has 0 fully saturated rings. The van der Waals surface area contributed by atoms with Crippen LogP contribution < -0.4 is 0 Å². The van der Waals surface area contributed by atoms with Crippen LogP contribution in [0.15, 0.2) is 0 Å². The standard InChI is InChI=1S/C5H12O5/c1-7-3-9-5-10-4-8-2-6/h6H,2-5H2,1H3. The van der Waals surface area contributed by atoms with Gasteiger partial charge in [0.1, 0.15) is 13.6 Å². The summed E-state index contributed by atoms with van der Waals surface area (Å²) in [5.41, 5.74) is 0. The maximum absolute atomic E-state index is 8.10. The number of ether oxygens (including phenoxy) is 4. The zero-order valence-electron chi connectivity index (χ0n) is 5.91. The Labute approximate surface area is 59.4 Å². The molecule has 0 atom stereocenters. The van der Waals surface area contributed by atoms with E-state index >= 15 is 0 Å².